The van der Waals surface area contributed by atoms with Crippen molar-refractivity contribution < 1.29 is 47.5 Å². The molecule has 3 saturated carbocycles. The number of likely N-dealkylation sites (tertiary alicyclic amines) is 1. The van der Waals surface area contributed by atoms with Crippen molar-refractivity contribution in [2.45, 2.75) is 101 Å². The molecule has 0 radical (unpaired) electrons. The second-order valence-corrected chi connectivity index (χ2v) is 23.7. The van der Waals surface area contributed by atoms with E-state index in [1.807, 2.05) is 48.5 Å². The maximum atomic E-state index is 14.9. The van der Waals surface area contributed by atoms with Gasteiger partial charge in [0.1, 0.15) is 17.8 Å². The second-order valence-electron chi connectivity index (χ2n) is 20.7. The predicted octanol–water partition coefficient (Wildman–Crippen LogP) is 7.60. The molecule has 20 heteroatoms. The fraction of sp³-hybridized carbons (Fsp3) is 0.481. The van der Waals surface area contributed by atoms with E-state index in [0.29, 0.717) is 74.1 Å². The van der Waals surface area contributed by atoms with Gasteiger partial charge in [0, 0.05) is 85.3 Å². The molecule has 10 rings (SSSR count). The number of nitrogens with one attached hydrogen (secondary N) is 3. The third kappa shape index (κ3) is 9.37. The van der Waals surface area contributed by atoms with Crippen LogP contribution >= 0.6 is 43.4 Å². The Labute approximate surface area is 433 Å². The van der Waals surface area contributed by atoms with Crippen LogP contribution in [0.5, 0.6) is 5.75 Å². The molecule has 3 aliphatic heterocycles. The Bertz CT molecular complexity index is 2970. The number of thiol groups is 1. The summed E-state index contributed by atoms with van der Waals surface area (Å²) < 4.78 is 18.1. The molecule has 2 bridgehead atoms. The molecule has 382 valence electrons. The number of unbranched alkanes of at least 4 members (excludes halogenated alkanes) is 2. The topological polar surface area (TPSA) is 212 Å². The molecule has 0 spiro atoms. The summed E-state index contributed by atoms with van der Waals surface area (Å²) in [7, 11) is -3.96. The van der Waals surface area contributed by atoms with Crippen LogP contribution in [-0.4, -0.2) is 107 Å². The Morgan fingerprint density at radius 2 is 1.33 bits per heavy atom. The molecule has 4 aromatic rings. The number of hydrogen-bond acceptors (Lipinski definition) is 10. The van der Waals surface area contributed by atoms with Gasteiger partial charge in [0.25, 0.3) is 0 Å². The van der Waals surface area contributed by atoms with E-state index in [1.165, 1.54) is 4.90 Å². The van der Waals surface area contributed by atoms with Gasteiger partial charge in [-0.05, 0) is 72.9 Å². The first kappa shape index (κ1) is 51.7. The van der Waals surface area contributed by atoms with E-state index >= 15 is 0 Å². The highest BCUT2D eigenvalue weighted by Gasteiger charge is 2.76. The third-order valence-electron chi connectivity index (χ3n) is 15.1. The van der Waals surface area contributed by atoms with E-state index in [4.69, 9.17) is 27.7 Å². The zero-order valence-electron chi connectivity index (χ0n) is 40.5. The summed E-state index contributed by atoms with van der Waals surface area (Å²) in [5.74, 6) is -2.20. The number of hydrogen-bond donors (Lipinski definition) is 5. The van der Waals surface area contributed by atoms with Crippen molar-refractivity contribution in [3.63, 3.8) is 0 Å². The minimum absolute atomic E-state index is 0.0892. The lowest BCUT2D eigenvalue weighted by molar-refractivity contribution is -0.205. The van der Waals surface area contributed by atoms with Gasteiger partial charge in [-0.3, -0.25) is 38.5 Å². The highest BCUT2D eigenvalue weighted by molar-refractivity contribution is 7.81. The maximum Gasteiger partial charge on any atom is 0.373 e. The van der Waals surface area contributed by atoms with E-state index in [1.54, 1.807) is 42.7 Å². The van der Waals surface area contributed by atoms with Crippen molar-refractivity contribution in [3.8, 4) is 5.75 Å². The molecule has 4 N–H and O–H groups in total. The van der Waals surface area contributed by atoms with E-state index < -0.39 is 47.6 Å². The van der Waals surface area contributed by atoms with E-state index in [2.05, 4.69) is 28.6 Å². The number of rotatable bonds is 18. The predicted molar refractivity (Wildman–Crippen MR) is 280 cm³/mol. The summed E-state index contributed by atoms with van der Waals surface area (Å²) in [6.07, 6.45) is 2.88. The van der Waals surface area contributed by atoms with Crippen LogP contribution in [0.1, 0.15) is 95.1 Å². The van der Waals surface area contributed by atoms with Crippen molar-refractivity contribution in [2.75, 3.05) is 53.2 Å². The number of imide groups is 1. The summed E-state index contributed by atoms with van der Waals surface area (Å²) in [4.78, 5) is 109. The molecule has 1 saturated heterocycles. The Kier molecular flexibility index (Phi) is 14.3. The van der Waals surface area contributed by atoms with Crippen LogP contribution in [0.25, 0.3) is 21.5 Å². The second kappa shape index (κ2) is 19.9. The average Bonchev–Trinajstić information content (AvgIpc) is 3.96. The fourth-order valence-corrected chi connectivity index (χ4v) is 13.0. The number of amides is 7. The number of fused-ring (bicyclic) bond motifs is 6. The molecular weight excluding hydrogens is 1000 g/mol. The van der Waals surface area contributed by atoms with E-state index in [0.717, 1.165) is 34.0 Å². The molecule has 3 heterocycles. The van der Waals surface area contributed by atoms with Crippen LogP contribution in [0.15, 0.2) is 60.7 Å². The largest absolute Gasteiger partial charge is 0.424 e. The average molecular weight is 1060 g/mol. The molecule has 4 fully saturated rings. The first-order valence-corrected chi connectivity index (χ1v) is 28.1. The number of alkyl halides is 2. The van der Waals surface area contributed by atoms with Crippen molar-refractivity contribution in [1.29, 1.82) is 0 Å². The molecular formula is C52H59Cl2N6O10PS. The minimum atomic E-state index is -3.96. The van der Waals surface area contributed by atoms with Crippen molar-refractivity contribution in [1.82, 2.24) is 15.5 Å². The highest BCUT2D eigenvalue weighted by atomic mass is 35.5. The molecule has 4 aromatic carbocycles. The summed E-state index contributed by atoms with van der Waals surface area (Å²) in [6.45, 7) is 7.15. The van der Waals surface area contributed by atoms with Gasteiger partial charge in [0.15, 0.2) is 0 Å². The zero-order chi connectivity index (χ0) is 51.6. The van der Waals surface area contributed by atoms with Crippen molar-refractivity contribution in [2.24, 2.45) is 16.7 Å². The Hall–Kier alpha value is -5.19. The van der Waals surface area contributed by atoms with Crippen LogP contribution in [0.2, 0.25) is 0 Å². The summed E-state index contributed by atoms with van der Waals surface area (Å²) in [6, 6.07) is 16.4. The smallest absolute Gasteiger partial charge is 0.373 e. The third-order valence-corrected chi connectivity index (χ3v) is 16.8. The molecule has 3 aliphatic carbocycles. The lowest BCUT2D eigenvalue weighted by Crippen LogP contribution is -2.73. The van der Waals surface area contributed by atoms with Crippen LogP contribution in [0.4, 0.5) is 17.1 Å². The van der Waals surface area contributed by atoms with E-state index in [9.17, 15) is 43.0 Å². The zero-order valence-corrected chi connectivity index (χ0v) is 43.8. The highest BCUT2D eigenvalue weighted by Crippen LogP contribution is 2.75. The van der Waals surface area contributed by atoms with Crippen LogP contribution in [0, 0.1) is 16.7 Å². The first-order valence-electron chi connectivity index (χ1n) is 24.5. The molecule has 72 heavy (non-hydrogen) atoms. The van der Waals surface area contributed by atoms with Crippen molar-refractivity contribution >= 4 is 123 Å². The Morgan fingerprint density at radius 3 is 1.86 bits per heavy atom. The fourth-order valence-electron chi connectivity index (χ4n) is 11.7. The van der Waals surface area contributed by atoms with Gasteiger partial charge in [-0.2, -0.15) is 12.6 Å². The minimum Gasteiger partial charge on any atom is -0.424 e. The molecule has 7 amide bonds. The number of benzene rings is 4. The SMILES string of the molecule is CC(C)[C@H](NC(=O)CCCCCN1C(=O)CC(S)C1=O)C(=O)N[C@@H](C)C(=O)Nc1cc2c(c3ccccc13)[C@H](CCl)CN2C(=O)C12CC(C(=O)N3C[C@@H](CCl)c4c3cc(OP(C)(=O)O)c3ccccc43)(C1)C2. The van der Waals surface area contributed by atoms with Crippen LogP contribution in [-0.2, 0) is 38.1 Å². The summed E-state index contributed by atoms with van der Waals surface area (Å²) >= 11 is 17.3. The molecule has 2 unspecified atom stereocenters. The molecule has 6 aliphatic rings. The normalized spacial score (nSPS) is 24.6. The number of halogens is 2. The number of carbonyl (C=O) groups excluding carboxylic acids is 7. The molecule has 0 aromatic heterocycles. The van der Waals surface area contributed by atoms with Gasteiger partial charge in [-0.1, -0.05) is 68.8 Å². The van der Waals surface area contributed by atoms with Gasteiger partial charge in [-0.25, -0.2) is 4.57 Å². The lowest BCUT2D eigenvalue weighted by Gasteiger charge is -2.69. The van der Waals surface area contributed by atoms with Crippen molar-refractivity contribution in [3.05, 3.63) is 71.8 Å². The maximum absolute atomic E-state index is 14.9. The van der Waals surface area contributed by atoms with Crippen LogP contribution < -0.4 is 30.3 Å². The number of anilines is 3. The number of carbonyl (C=O) groups is 7. The van der Waals surface area contributed by atoms with Gasteiger partial charge in [0.2, 0.25) is 41.4 Å². The van der Waals surface area contributed by atoms with Gasteiger partial charge >= 0.3 is 7.60 Å². The number of nitrogens with zero attached hydrogens (tertiary/aromatic N) is 3. The summed E-state index contributed by atoms with van der Waals surface area (Å²) in [5, 5.41) is 10.9. The Balaban J connectivity index is 0.864. The first-order chi connectivity index (χ1) is 34.2. The molecule has 16 nitrogen and oxygen atoms in total. The van der Waals surface area contributed by atoms with E-state index in [-0.39, 0.29) is 84.2 Å². The standard InChI is InChI=1S/C52H59Cl2N6O10PS/c1-28(2)45(57-41(61)16-6-5-11-17-58-42(62)20-40(72)48(58)65)47(64)55-29(3)46(63)56-36-18-37-43(34-14-9-7-12-32(34)36)30(21-53)23-59(37)49(66)51-25-52(26-51,27-51)50(67)60-24-31(22-54)44-35-15-10-8-13-33(35)39(19-38(44)60)70-71(4,68)69/h7-10,12-15,18-19,28-31,40,45,72H,5-6,11,16-17,20-27H2,1-4H3,(H,55,64)(H,56,63)(H,57,61)(H,68,69)/t29-,30+,31+,40?,45-,51?,52?/m0/s1. The van der Waals surface area contributed by atoms with Gasteiger partial charge < -0.3 is 35.2 Å². The van der Waals surface area contributed by atoms with Crippen LogP contribution in [0.3, 0.4) is 0 Å². The monoisotopic (exact) mass is 1060 g/mol. The van der Waals surface area contributed by atoms with Gasteiger partial charge in [0.05, 0.1) is 27.5 Å². The summed E-state index contributed by atoms with van der Waals surface area (Å²) in [5.41, 5.74) is 1.83. The molecule has 6 atom stereocenters. The van der Waals surface area contributed by atoms with Gasteiger partial charge in [-0.15, -0.1) is 23.2 Å². The quantitative estimate of drug-likeness (QED) is 0.0217. The Morgan fingerprint density at radius 1 is 0.792 bits per heavy atom. The lowest BCUT2D eigenvalue weighted by atomic mass is 9.34.